The van der Waals surface area contributed by atoms with Crippen molar-refractivity contribution in [1.82, 2.24) is 5.32 Å². The summed E-state index contributed by atoms with van der Waals surface area (Å²) in [6.07, 6.45) is 5.59. The van der Waals surface area contributed by atoms with Crippen LogP contribution < -0.4 is 5.32 Å². The van der Waals surface area contributed by atoms with Crippen LogP contribution in [0.2, 0.25) is 0 Å². The third-order valence-corrected chi connectivity index (χ3v) is 4.37. The van der Waals surface area contributed by atoms with Gasteiger partial charge in [-0.25, -0.2) is 0 Å². The van der Waals surface area contributed by atoms with Crippen molar-refractivity contribution in [2.45, 2.75) is 71.2 Å². The van der Waals surface area contributed by atoms with Gasteiger partial charge in [-0.1, -0.05) is 40.0 Å². The summed E-state index contributed by atoms with van der Waals surface area (Å²) in [6, 6.07) is 0. The van der Waals surface area contributed by atoms with E-state index in [-0.39, 0.29) is 12.0 Å². The van der Waals surface area contributed by atoms with E-state index < -0.39 is 6.10 Å². The molecule has 0 aromatic carbocycles. The molecular formula is C16H33NO3. The van der Waals surface area contributed by atoms with Crippen molar-refractivity contribution < 1.29 is 14.9 Å². The van der Waals surface area contributed by atoms with E-state index in [9.17, 15) is 10.2 Å². The van der Waals surface area contributed by atoms with Crippen molar-refractivity contribution in [1.29, 1.82) is 0 Å². The maximum Gasteiger partial charge on any atom is 0.0897 e. The van der Waals surface area contributed by atoms with E-state index in [0.717, 1.165) is 6.42 Å². The first-order chi connectivity index (χ1) is 9.54. The number of hydrogen-bond donors (Lipinski definition) is 3. The Morgan fingerprint density at radius 1 is 1.15 bits per heavy atom. The first-order valence-electron chi connectivity index (χ1n) is 8.23. The standard InChI is InChI=1S/C16H33NO3/c1-4-13-7-5-6-8-16(13)20-11-14(18)9-17-10-15(19)12(2)3/h12-19H,4-11H2,1-3H3. The molecule has 0 amide bonds. The summed E-state index contributed by atoms with van der Waals surface area (Å²) in [5, 5.41) is 22.7. The lowest BCUT2D eigenvalue weighted by Crippen LogP contribution is -2.38. The molecule has 0 radical (unpaired) electrons. The average Bonchev–Trinajstić information content (AvgIpc) is 2.45. The number of hydrogen-bond acceptors (Lipinski definition) is 4. The molecule has 0 heterocycles. The van der Waals surface area contributed by atoms with Gasteiger partial charge in [-0.2, -0.15) is 0 Å². The summed E-state index contributed by atoms with van der Waals surface area (Å²) < 4.78 is 5.90. The largest absolute Gasteiger partial charge is 0.392 e. The van der Waals surface area contributed by atoms with E-state index >= 15 is 0 Å². The van der Waals surface area contributed by atoms with Crippen LogP contribution in [0.4, 0.5) is 0 Å². The molecule has 1 saturated carbocycles. The Kier molecular flexibility index (Phi) is 8.69. The highest BCUT2D eigenvalue weighted by atomic mass is 16.5. The molecular weight excluding hydrogens is 254 g/mol. The fourth-order valence-corrected chi connectivity index (χ4v) is 2.79. The molecule has 1 fully saturated rings. The topological polar surface area (TPSA) is 61.7 Å². The lowest BCUT2D eigenvalue weighted by Gasteiger charge is -2.31. The fourth-order valence-electron chi connectivity index (χ4n) is 2.79. The Balaban J connectivity index is 2.14. The van der Waals surface area contributed by atoms with Crippen molar-refractivity contribution >= 4 is 0 Å². The van der Waals surface area contributed by atoms with Gasteiger partial charge in [0, 0.05) is 13.1 Å². The van der Waals surface area contributed by atoms with E-state index in [0.29, 0.717) is 31.7 Å². The predicted octanol–water partition coefficient (Wildman–Crippen LogP) is 1.94. The minimum Gasteiger partial charge on any atom is -0.392 e. The average molecular weight is 287 g/mol. The van der Waals surface area contributed by atoms with Gasteiger partial charge in [-0.15, -0.1) is 0 Å². The van der Waals surface area contributed by atoms with Crippen LogP contribution in [-0.4, -0.2) is 48.2 Å². The number of nitrogens with one attached hydrogen (secondary N) is 1. The molecule has 0 aliphatic heterocycles. The van der Waals surface area contributed by atoms with Crippen LogP contribution in [0.3, 0.4) is 0 Å². The first-order valence-corrected chi connectivity index (χ1v) is 8.23. The highest BCUT2D eigenvalue weighted by molar-refractivity contribution is 4.75. The molecule has 1 rings (SSSR count). The van der Waals surface area contributed by atoms with Crippen LogP contribution >= 0.6 is 0 Å². The Labute approximate surface area is 123 Å². The lowest BCUT2D eigenvalue weighted by atomic mass is 9.85. The quantitative estimate of drug-likeness (QED) is 0.606. The molecule has 0 spiro atoms. The number of aliphatic hydroxyl groups is 2. The van der Waals surface area contributed by atoms with Gasteiger partial charge >= 0.3 is 0 Å². The molecule has 4 atom stereocenters. The van der Waals surface area contributed by atoms with Crippen LogP contribution in [-0.2, 0) is 4.74 Å². The number of ether oxygens (including phenoxy) is 1. The molecule has 1 aliphatic carbocycles. The third-order valence-electron chi connectivity index (χ3n) is 4.37. The second kappa shape index (κ2) is 9.72. The monoisotopic (exact) mass is 287 g/mol. The normalized spacial score (nSPS) is 26.7. The zero-order valence-electron chi connectivity index (χ0n) is 13.3. The van der Waals surface area contributed by atoms with Gasteiger partial charge in [0.05, 0.1) is 24.9 Å². The van der Waals surface area contributed by atoms with E-state index in [1.807, 2.05) is 13.8 Å². The van der Waals surface area contributed by atoms with Gasteiger partial charge in [0.1, 0.15) is 0 Å². The SMILES string of the molecule is CCC1CCCCC1OCC(O)CNCC(O)C(C)C. The molecule has 1 aliphatic rings. The lowest BCUT2D eigenvalue weighted by molar-refractivity contribution is -0.0503. The highest BCUT2D eigenvalue weighted by Gasteiger charge is 2.24. The summed E-state index contributed by atoms with van der Waals surface area (Å²) in [5.41, 5.74) is 0. The fraction of sp³-hybridized carbons (Fsp3) is 1.00. The predicted molar refractivity (Wildman–Crippen MR) is 81.7 cm³/mol. The smallest absolute Gasteiger partial charge is 0.0897 e. The molecule has 0 aromatic rings. The summed E-state index contributed by atoms with van der Waals surface area (Å²) >= 11 is 0. The van der Waals surface area contributed by atoms with Crippen molar-refractivity contribution in [3.63, 3.8) is 0 Å². The maximum atomic E-state index is 9.92. The van der Waals surface area contributed by atoms with E-state index in [2.05, 4.69) is 12.2 Å². The van der Waals surface area contributed by atoms with Crippen LogP contribution in [0, 0.1) is 11.8 Å². The van der Waals surface area contributed by atoms with Gasteiger partial charge in [0.15, 0.2) is 0 Å². The number of rotatable bonds is 9. The van der Waals surface area contributed by atoms with Crippen LogP contribution in [0.15, 0.2) is 0 Å². The van der Waals surface area contributed by atoms with E-state index in [1.165, 1.54) is 25.7 Å². The first kappa shape index (κ1) is 17.9. The Bertz CT molecular complexity index is 248. The molecule has 4 nitrogen and oxygen atoms in total. The molecule has 0 bridgehead atoms. The summed E-state index contributed by atoms with van der Waals surface area (Å²) in [7, 11) is 0. The van der Waals surface area contributed by atoms with Crippen molar-refractivity contribution in [3.05, 3.63) is 0 Å². The zero-order valence-corrected chi connectivity index (χ0v) is 13.3. The summed E-state index contributed by atoms with van der Waals surface area (Å²) in [5.74, 6) is 0.898. The van der Waals surface area contributed by atoms with Crippen molar-refractivity contribution in [2.75, 3.05) is 19.7 Å². The van der Waals surface area contributed by atoms with Crippen LogP contribution in [0.1, 0.15) is 52.9 Å². The molecule has 4 heteroatoms. The Hall–Kier alpha value is -0.160. The second-order valence-corrected chi connectivity index (χ2v) is 6.45. The van der Waals surface area contributed by atoms with Crippen molar-refractivity contribution in [3.8, 4) is 0 Å². The minimum atomic E-state index is -0.492. The summed E-state index contributed by atoms with van der Waals surface area (Å²) in [4.78, 5) is 0. The minimum absolute atomic E-state index is 0.239. The molecule has 4 unspecified atom stereocenters. The van der Waals surface area contributed by atoms with Gasteiger partial charge in [-0.05, 0) is 24.7 Å². The van der Waals surface area contributed by atoms with Gasteiger partial charge in [-0.3, -0.25) is 0 Å². The van der Waals surface area contributed by atoms with Crippen LogP contribution in [0.25, 0.3) is 0 Å². The molecule has 0 saturated heterocycles. The third kappa shape index (κ3) is 6.53. The number of aliphatic hydroxyl groups excluding tert-OH is 2. The Morgan fingerprint density at radius 3 is 2.50 bits per heavy atom. The molecule has 20 heavy (non-hydrogen) atoms. The maximum absolute atomic E-state index is 9.92. The summed E-state index contributed by atoms with van der Waals surface area (Å²) in [6.45, 7) is 7.59. The van der Waals surface area contributed by atoms with Gasteiger partial charge < -0.3 is 20.3 Å². The molecule has 0 aromatic heterocycles. The molecule has 120 valence electrons. The van der Waals surface area contributed by atoms with Crippen LogP contribution in [0.5, 0.6) is 0 Å². The second-order valence-electron chi connectivity index (χ2n) is 6.45. The van der Waals surface area contributed by atoms with Gasteiger partial charge in [0.2, 0.25) is 0 Å². The van der Waals surface area contributed by atoms with Crippen molar-refractivity contribution in [2.24, 2.45) is 11.8 Å². The van der Waals surface area contributed by atoms with E-state index in [1.54, 1.807) is 0 Å². The Morgan fingerprint density at radius 2 is 1.85 bits per heavy atom. The van der Waals surface area contributed by atoms with Gasteiger partial charge in [0.25, 0.3) is 0 Å². The highest BCUT2D eigenvalue weighted by Crippen LogP contribution is 2.29. The zero-order chi connectivity index (χ0) is 15.0. The van der Waals surface area contributed by atoms with E-state index in [4.69, 9.17) is 4.74 Å². The molecule has 3 N–H and O–H groups in total.